The molecule has 0 heterocycles. The molecule has 2 heteroatoms. The Morgan fingerprint density at radius 1 is 1.14 bits per heavy atom. The first-order valence-corrected chi connectivity index (χ1v) is 7.71. The molecule has 1 amide bonds. The van der Waals surface area contributed by atoms with Crippen LogP contribution in [0.2, 0.25) is 0 Å². The average Bonchev–Trinajstić information content (AvgIpc) is 2.85. The second-order valence-corrected chi connectivity index (χ2v) is 5.88. The van der Waals surface area contributed by atoms with Crippen LogP contribution in [0.25, 0.3) is 11.1 Å². The van der Waals surface area contributed by atoms with Crippen LogP contribution < -0.4 is 5.32 Å². The lowest BCUT2D eigenvalue weighted by Crippen LogP contribution is -2.20. The topological polar surface area (TPSA) is 29.1 Å². The third-order valence-corrected chi connectivity index (χ3v) is 4.23. The van der Waals surface area contributed by atoms with Crippen LogP contribution >= 0.6 is 0 Å². The Morgan fingerprint density at radius 2 is 1.90 bits per heavy atom. The van der Waals surface area contributed by atoms with Crippen molar-refractivity contribution in [3.63, 3.8) is 0 Å². The molecule has 0 fully saturated rings. The quantitative estimate of drug-likeness (QED) is 0.741. The van der Waals surface area contributed by atoms with Crippen LogP contribution in [0.5, 0.6) is 0 Å². The number of rotatable bonds is 4. The molecule has 0 aliphatic heterocycles. The third-order valence-electron chi connectivity index (χ3n) is 4.23. The molecule has 0 spiro atoms. The molecule has 0 bridgehead atoms. The molecule has 0 aromatic heterocycles. The van der Waals surface area contributed by atoms with Crippen molar-refractivity contribution in [1.82, 2.24) is 0 Å². The Morgan fingerprint density at radius 3 is 2.71 bits per heavy atom. The van der Waals surface area contributed by atoms with Gasteiger partial charge in [0.05, 0.1) is 0 Å². The molecule has 1 unspecified atom stereocenters. The lowest BCUT2D eigenvalue weighted by atomic mass is 10.0. The summed E-state index contributed by atoms with van der Waals surface area (Å²) >= 11 is 0. The molecule has 108 valence electrons. The summed E-state index contributed by atoms with van der Waals surface area (Å²) in [7, 11) is 0. The van der Waals surface area contributed by atoms with Gasteiger partial charge in [0.2, 0.25) is 5.91 Å². The van der Waals surface area contributed by atoms with Crippen LogP contribution in [0, 0.1) is 5.92 Å². The largest absolute Gasteiger partial charge is 0.326 e. The number of nitrogens with one attached hydrogen (secondary N) is 1. The molecule has 0 radical (unpaired) electrons. The molecular formula is C19H21NO. The summed E-state index contributed by atoms with van der Waals surface area (Å²) in [5.74, 6) is 0.188. The molecule has 2 nitrogen and oxygen atoms in total. The second-order valence-electron chi connectivity index (χ2n) is 5.88. The second kappa shape index (κ2) is 5.72. The number of fused-ring (bicyclic) bond motifs is 3. The van der Waals surface area contributed by atoms with Crippen molar-refractivity contribution in [2.75, 3.05) is 5.32 Å². The number of benzene rings is 2. The highest BCUT2D eigenvalue weighted by Crippen LogP contribution is 2.37. The fourth-order valence-electron chi connectivity index (χ4n) is 3.05. The van der Waals surface area contributed by atoms with E-state index in [2.05, 4.69) is 48.6 Å². The summed E-state index contributed by atoms with van der Waals surface area (Å²) in [4.78, 5) is 12.1. The van der Waals surface area contributed by atoms with Crippen LogP contribution in [-0.4, -0.2) is 5.91 Å². The minimum absolute atomic E-state index is 0.0699. The Kier molecular flexibility index (Phi) is 3.78. The molecule has 0 saturated carbocycles. The van der Waals surface area contributed by atoms with Crippen LogP contribution in [0.1, 0.15) is 37.8 Å². The number of carbonyl (C=O) groups is 1. The van der Waals surface area contributed by atoms with Crippen LogP contribution in [0.3, 0.4) is 0 Å². The van der Waals surface area contributed by atoms with Crippen LogP contribution in [-0.2, 0) is 11.2 Å². The summed E-state index contributed by atoms with van der Waals surface area (Å²) in [6, 6.07) is 14.8. The van der Waals surface area contributed by atoms with Crippen molar-refractivity contribution in [2.45, 2.75) is 33.1 Å². The Balaban J connectivity index is 1.80. The van der Waals surface area contributed by atoms with Crippen molar-refractivity contribution in [3.8, 4) is 11.1 Å². The first kappa shape index (κ1) is 13.9. The zero-order valence-corrected chi connectivity index (χ0v) is 12.6. The molecule has 1 atom stereocenters. The number of hydrogen-bond acceptors (Lipinski definition) is 1. The van der Waals surface area contributed by atoms with Crippen molar-refractivity contribution < 1.29 is 4.79 Å². The summed E-state index contributed by atoms with van der Waals surface area (Å²) < 4.78 is 0. The summed E-state index contributed by atoms with van der Waals surface area (Å²) in [5.41, 5.74) is 6.21. The average molecular weight is 279 g/mol. The predicted octanol–water partition coefficient (Wildman–Crippen LogP) is 4.63. The monoisotopic (exact) mass is 279 g/mol. The Bertz CT molecular complexity index is 675. The van der Waals surface area contributed by atoms with E-state index in [1.54, 1.807) is 0 Å². The van der Waals surface area contributed by atoms with Gasteiger partial charge in [0.1, 0.15) is 0 Å². The molecule has 1 aliphatic carbocycles. The van der Waals surface area contributed by atoms with Crippen molar-refractivity contribution in [3.05, 3.63) is 53.6 Å². The summed E-state index contributed by atoms with van der Waals surface area (Å²) in [6.07, 6.45) is 2.93. The number of anilines is 1. The van der Waals surface area contributed by atoms with E-state index in [0.717, 1.165) is 24.9 Å². The molecule has 21 heavy (non-hydrogen) atoms. The van der Waals surface area contributed by atoms with Gasteiger partial charge in [-0.25, -0.2) is 0 Å². The van der Waals surface area contributed by atoms with Gasteiger partial charge in [-0.3, -0.25) is 4.79 Å². The highest BCUT2D eigenvalue weighted by atomic mass is 16.1. The summed E-state index contributed by atoms with van der Waals surface area (Å²) in [6.45, 7) is 4.10. The van der Waals surface area contributed by atoms with Gasteiger partial charge in [0.25, 0.3) is 0 Å². The van der Waals surface area contributed by atoms with Crippen LogP contribution in [0.15, 0.2) is 42.5 Å². The molecule has 1 N–H and O–H groups in total. The maximum atomic E-state index is 12.1. The maximum absolute atomic E-state index is 12.1. The molecule has 1 aliphatic rings. The SMILES string of the molecule is CCCC(C)C(=O)Nc1ccc2c(c1)Cc1ccccc1-2. The highest BCUT2D eigenvalue weighted by Gasteiger charge is 2.19. The van der Waals surface area contributed by atoms with Crippen molar-refractivity contribution in [1.29, 1.82) is 0 Å². The Hall–Kier alpha value is -2.09. The van der Waals surface area contributed by atoms with Gasteiger partial charge in [-0.1, -0.05) is 50.6 Å². The number of hydrogen-bond donors (Lipinski definition) is 1. The van der Waals surface area contributed by atoms with Gasteiger partial charge in [0, 0.05) is 11.6 Å². The smallest absolute Gasteiger partial charge is 0.227 e. The normalized spacial score (nSPS) is 13.4. The zero-order valence-electron chi connectivity index (χ0n) is 12.6. The van der Waals surface area contributed by atoms with Gasteiger partial charge >= 0.3 is 0 Å². The van der Waals surface area contributed by atoms with E-state index >= 15 is 0 Å². The number of amides is 1. The van der Waals surface area contributed by atoms with Gasteiger partial charge in [-0.05, 0) is 47.2 Å². The minimum Gasteiger partial charge on any atom is -0.326 e. The van der Waals surface area contributed by atoms with E-state index in [0.29, 0.717) is 0 Å². The fraction of sp³-hybridized carbons (Fsp3) is 0.316. The van der Waals surface area contributed by atoms with E-state index in [1.807, 2.05) is 13.0 Å². The van der Waals surface area contributed by atoms with E-state index in [4.69, 9.17) is 0 Å². The van der Waals surface area contributed by atoms with Gasteiger partial charge in [-0.15, -0.1) is 0 Å². The number of carbonyl (C=O) groups excluding carboxylic acids is 1. The van der Waals surface area contributed by atoms with Gasteiger partial charge < -0.3 is 5.32 Å². The standard InChI is InChI=1S/C19H21NO/c1-3-6-13(2)19(21)20-16-9-10-18-15(12-16)11-14-7-4-5-8-17(14)18/h4-5,7-10,12-13H,3,6,11H2,1-2H3,(H,20,21). The molecule has 0 saturated heterocycles. The van der Waals surface area contributed by atoms with Crippen LogP contribution in [0.4, 0.5) is 5.69 Å². The lowest BCUT2D eigenvalue weighted by molar-refractivity contribution is -0.119. The predicted molar refractivity (Wildman–Crippen MR) is 87.4 cm³/mol. The Labute approximate surface area is 126 Å². The highest BCUT2D eigenvalue weighted by molar-refractivity contribution is 5.93. The van der Waals surface area contributed by atoms with Crippen molar-refractivity contribution in [2.24, 2.45) is 5.92 Å². The zero-order chi connectivity index (χ0) is 14.8. The van der Waals surface area contributed by atoms with Crippen molar-refractivity contribution >= 4 is 11.6 Å². The van der Waals surface area contributed by atoms with E-state index in [1.165, 1.54) is 22.3 Å². The lowest BCUT2D eigenvalue weighted by Gasteiger charge is -2.12. The maximum Gasteiger partial charge on any atom is 0.227 e. The fourth-order valence-corrected chi connectivity index (χ4v) is 3.05. The van der Waals surface area contributed by atoms with Gasteiger partial charge in [0.15, 0.2) is 0 Å². The van der Waals surface area contributed by atoms with E-state index in [9.17, 15) is 4.79 Å². The molecular weight excluding hydrogens is 258 g/mol. The van der Waals surface area contributed by atoms with E-state index in [-0.39, 0.29) is 11.8 Å². The first-order valence-electron chi connectivity index (χ1n) is 7.71. The third kappa shape index (κ3) is 2.71. The molecule has 2 aromatic rings. The molecule has 3 rings (SSSR count). The van der Waals surface area contributed by atoms with Gasteiger partial charge in [-0.2, -0.15) is 0 Å². The minimum atomic E-state index is 0.0699. The first-order chi connectivity index (χ1) is 10.2. The van der Waals surface area contributed by atoms with E-state index < -0.39 is 0 Å². The molecule has 2 aromatic carbocycles. The summed E-state index contributed by atoms with van der Waals surface area (Å²) in [5, 5.41) is 3.04.